The topological polar surface area (TPSA) is 59.3 Å². The van der Waals surface area contributed by atoms with E-state index in [2.05, 4.69) is 12.2 Å². The zero-order valence-electron chi connectivity index (χ0n) is 12.1. The molecule has 0 fully saturated rings. The molecule has 1 heterocycles. The maximum atomic E-state index is 11.3. The smallest absolute Gasteiger partial charge is 0.148 e. The van der Waals surface area contributed by atoms with Gasteiger partial charge in [0.15, 0.2) is 0 Å². The Morgan fingerprint density at radius 2 is 2.00 bits per heavy atom. The summed E-state index contributed by atoms with van der Waals surface area (Å²) in [5.41, 5.74) is 2.01. The molecule has 0 aliphatic heterocycles. The molecule has 0 amide bonds. The summed E-state index contributed by atoms with van der Waals surface area (Å²) in [5.74, 6) is 1.11. The Morgan fingerprint density at radius 1 is 1.30 bits per heavy atom. The lowest BCUT2D eigenvalue weighted by atomic mass is 10.1. The molecule has 0 aliphatic rings. The highest BCUT2D eigenvalue weighted by atomic mass is 32.2. The fraction of sp³-hybridized carbons (Fsp3) is 0.467. The molecular formula is C15H21NO3S. The summed E-state index contributed by atoms with van der Waals surface area (Å²) in [7, 11) is -2.96. The maximum absolute atomic E-state index is 11.3. The quantitative estimate of drug-likeness (QED) is 0.889. The molecule has 0 aliphatic carbocycles. The number of furan rings is 1. The van der Waals surface area contributed by atoms with Crippen LogP contribution in [0.1, 0.15) is 25.2 Å². The van der Waals surface area contributed by atoms with E-state index in [1.54, 1.807) is 0 Å². The highest BCUT2D eigenvalue weighted by molar-refractivity contribution is 7.90. The van der Waals surface area contributed by atoms with Gasteiger partial charge < -0.3 is 9.73 Å². The van der Waals surface area contributed by atoms with Crippen LogP contribution < -0.4 is 5.32 Å². The first kappa shape index (κ1) is 15.1. The van der Waals surface area contributed by atoms with Crippen molar-refractivity contribution in [2.75, 3.05) is 12.0 Å². The number of fused-ring (bicyclic) bond motifs is 1. The van der Waals surface area contributed by atoms with E-state index in [1.807, 2.05) is 31.2 Å². The van der Waals surface area contributed by atoms with Gasteiger partial charge in [0.2, 0.25) is 0 Å². The SMILES string of the molecule is CCc1oc2ccccc2c1CNC(C)CS(C)(=O)=O. The molecule has 110 valence electrons. The predicted octanol–water partition coefficient (Wildman–Crippen LogP) is 2.52. The number of benzene rings is 1. The number of sulfone groups is 1. The number of para-hydroxylation sites is 1. The van der Waals surface area contributed by atoms with Gasteiger partial charge in [0.05, 0.1) is 5.75 Å². The van der Waals surface area contributed by atoms with Gasteiger partial charge in [-0.15, -0.1) is 0 Å². The molecule has 1 N–H and O–H groups in total. The number of hydrogen-bond acceptors (Lipinski definition) is 4. The Labute approximate surface area is 120 Å². The zero-order valence-corrected chi connectivity index (χ0v) is 13.0. The van der Waals surface area contributed by atoms with Crippen LogP contribution in [0.4, 0.5) is 0 Å². The second-order valence-electron chi connectivity index (χ2n) is 5.23. The zero-order chi connectivity index (χ0) is 14.8. The minimum atomic E-state index is -2.96. The minimum absolute atomic E-state index is 0.0802. The van der Waals surface area contributed by atoms with Gasteiger partial charge in [-0.2, -0.15) is 0 Å². The van der Waals surface area contributed by atoms with Crippen LogP contribution in [-0.2, 0) is 22.8 Å². The van der Waals surface area contributed by atoms with Gasteiger partial charge in [-0.3, -0.25) is 0 Å². The standard InChI is InChI=1S/C15H21NO3S/c1-4-14-13(9-16-11(2)10-20(3,17)18)12-7-5-6-8-15(12)19-14/h5-8,11,16H,4,9-10H2,1-3H3. The van der Waals surface area contributed by atoms with Gasteiger partial charge in [0.1, 0.15) is 21.2 Å². The second-order valence-corrected chi connectivity index (χ2v) is 7.41. The fourth-order valence-corrected chi connectivity index (χ4v) is 3.44. The van der Waals surface area contributed by atoms with Crippen LogP contribution in [0.15, 0.2) is 28.7 Å². The average Bonchev–Trinajstić information content (AvgIpc) is 2.72. The summed E-state index contributed by atoms with van der Waals surface area (Å²) in [5, 5.41) is 4.37. The molecule has 4 nitrogen and oxygen atoms in total. The molecule has 0 saturated heterocycles. The monoisotopic (exact) mass is 295 g/mol. The van der Waals surface area contributed by atoms with E-state index in [-0.39, 0.29) is 11.8 Å². The van der Waals surface area contributed by atoms with Crippen LogP contribution >= 0.6 is 0 Å². The Kier molecular flexibility index (Phi) is 4.50. The average molecular weight is 295 g/mol. The van der Waals surface area contributed by atoms with Crippen molar-refractivity contribution in [2.45, 2.75) is 32.9 Å². The van der Waals surface area contributed by atoms with Gasteiger partial charge in [-0.1, -0.05) is 25.1 Å². The lowest BCUT2D eigenvalue weighted by molar-refractivity contribution is 0.530. The third kappa shape index (κ3) is 3.61. The van der Waals surface area contributed by atoms with Crippen molar-refractivity contribution in [1.29, 1.82) is 0 Å². The molecule has 1 aromatic carbocycles. The molecule has 2 aromatic rings. The van der Waals surface area contributed by atoms with E-state index >= 15 is 0 Å². The Bertz CT molecular complexity index is 688. The summed E-state index contributed by atoms with van der Waals surface area (Å²) in [6.45, 7) is 4.56. The van der Waals surface area contributed by atoms with Crippen molar-refractivity contribution in [3.63, 3.8) is 0 Å². The van der Waals surface area contributed by atoms with E-state index in [0.717, 1.165) is 28.7 Å². The van der Waals surface area contributed by atoms with Crippen LogP contribution in [-0.4, -0.2) is 26.5 Å². The number of rotatable bonds is 6. The molecule has 20 heavy (non-hydrogen) atoms. The summed E-state index contributed by atoms with van der Waals surface area (Å²) < 4.78 is 28.4. The minimum Gasteiger partial charge on any atom is -0.461 e. The summed E-state index contributed by atoms with van der Waals surface area (Å²) in [6.07, 6.45) is 2.09. The Balaban J connectivity index is 2.17. The van der Waals surface area contributed by atoms with E-state index in [1.165, 1.54) is 6.26 Å². The highest BCUT2D eigenvalue weighted by Crippen LogP contribution is 2.26. The largest absolute Gasteiger partial charge is 0.461 e. The van der Waals surface area contributed by atoms with Crippen molar-refractivity contribution in [3.05, 3.63) is 35.6 Å². The Hall–Kier alpha value is -1.33. The van der Waals surface area contributed by atoms with Crippen molar-refractivity contribution >= 4 is 20.8 Å². The first-order chi connectivity index (χ1) is 9.40. The van der Waals surface area contributed by atoms with Crippen molar-refractivity contribution in [2.24, 2.45) is 0 Å². The lowest BCUT2D eigenvalue weighted by Gasteiger charge is -2.12. The summed E-state index contributed by atoms with van der Waals surface area (Å²) >= 11 is 0. The van der Waals surface area contributed by atoms with Crippen molar-refractivity contribution in [3.8, 4) is 0 Å². The van der Waals surface area contributed by atoms with Crippen LogP contribution in [0, 0.1) is 0 Å². The predicted molar refractivity (Wildman–Crippen MR) is 81.6 cm³/mol. The van der Waals surface area contributed by atoms with Gasteiger partial charge in [0, 0.05) is 36.2 Å². The van der Waals surface area contributed by atoms with E-state index in [0.29, 0.717) is 6.54 Å². The summed E-state index contributed by atoms with van der Waals surface area (Å²) in [4.78, 5) is 0. The van der Waals surface area contributed by atoms with Gasteiger partial charge in [-0.25, -0.2) is 8.42 Å². The van der Waals surface area contributed by atoms with Gasteiger partial charge in [0.25, 0.3) is 0 Å². The van der Waals surface area contributed by atoms with Gasteiger partial charge in [-0.05, 0) is 13.0 Å². The third-order valence-corrected chi connectivity index (χ3v) is 4.39. The molecule has 2 rings (SSSR count). The first-order valence-electron chi connectivity index (χ1n) is 6.81. The number of aryl methyl sites for hydroxylation is 1. The van der Waals surface area contributed by atoms with Crippen molar-refractivity contribution in [1.82, 2.24) is 5.32 Å². The number of hydrogen-bond donors (Lipinski definition) is 1. The van der Waals surface area contributed by atoms with Crippen LogP contribution in [0.5, 0.6) is 0 Å². The number of nitrogens with one attached hydrogen (secondary N) is 1. The molecule has 0 spiro atoms. The molecule has 0 bridgehead atoms. The normalized spacial score (nSPS) is 13.8. The van der Waals surface area contributed by atoms with Crippen LogP contribution in [0.3, 0.4) is 0 Å². The molecule has 0 radical (unpaired) electrons. The fourth-order valence-electron chi connectivity index (χ4n) is 2.42. The first-order valence-corrected chi connectivity index (χ1v) is 8.87. The molecule has 0 saturated carbocycles. The van der Waals surface area contributed by atoms with E-state index in [4.69, 9.17) is 4.42 Å². The summed E-state index contributed by atoms with van der Waals surface area (Å²) in [6, 6.07) is 7.85. The van der Waals surface area contributed by atoms with E-state index < -0.39 is 9.84 Å². The molecule has 1 atom stereocenters. The molecule has 1 unspecified atom stereocenters. The lowest BCUT2D eigenvalue weighted by Crippen LogP contribution is -2.32. The maximum Gasteiger partial charge on any atom is 0.148 e. The molecular weight excluding hydrogens is 274 g/mol. The van der Waals surface area contributed by atoms with E-state index in [9.17, 15) is 8.42 Å². The van der Waals surface area contributed by atoms with Crippen LogP contribution in [0.25, 0.3) is 11.0 Å². The van der Waals surface area contributed by atoms with Crippen molar-refractivity contribution < 1.29 is 12.8 Å². The second kappa shape index (κ2) is 5.97. The highest BCUT2D eigenvalue weighted by Gasteiger charge is 2.15. The molecule has 1 aromatic heterocycles. The van der Waals surface area contributed by atoms with Gasteiger partial charge >= 0.3 is 0 Å². The Morgan fingerprint density at radius 3 is 2.65 bits per heavy atom. The molecule has 5 heteroatoms. The van der Waals surface area contributed by atoms with Crippen LogP contribution in [0.2, 0.25) is 0 Å². The third-order valence-electron chi connectivity index (χ3n) is 3.28.